The minimum Gasteiger partial charge on any atom is -0.378 e. The van der Waals surface area contributed by atoms with Crippen LogP contribution in [0.2, 0.25) is 0 Å². The number of rotatable bonds is 4. The number of benzene rings is 4. The molecule has 0 aliphatic carbocycles. The standard InChI is InChI=1S/C29H23F2N3O2/c30-24-10-8-19(16-25(24)31)18-34-27-17-21(29(35)33-12-14-36-15-13-33)9-11-26(27)32-28(34)23-7-3-5-20-4-1-2-6-22(20)23/h1-11,16-17H,12-15,18H2. The van der Waals surface area contributed by atoms with Crippen molar-refractivity contribution in [2.45, 2.75) is 6.54 Å². The summed E-state index contributed by atoms with van der Waals surface area (Å²) in [4.78, 5) is 19.9. The zero-order valence-electron chi connectivity index (χ0n) is 19.5. The van der Waals surface area contributed by atoms with Crippen LogP contribution >= 0.6 is 0 Å². The minimum absolute atomic E-state index is 0.0625. The molecule has 0 saturated carbocycles. The molecule has 1 aliphatic heterocycles. The van der Waals surface area contributed by atoms with Gasteiger partial charge in [0, 0.05) is 30.8 Å². The van der Waals surface area contributed by atoms with Crippen molar-refractivity contribution in [3.63, 3.8) is 0 Å². The first-order valence-electron chi connectivity index (χ1n) is 11.9. The summed E-state index contributed by atoms with van der Waals surface area (Å²) in [5.41, 5.74) is 3.55. The molecule has 1 saturated heterocycles. The van der Waals surface area contributed by atoms with E-state index in [9.17, 15) is 13.6 Å². The fourth-order valence-corrected chi connectivity index (χ4v) is 4.81. The van der Waals surface area contributed by atoms with Gasteiger partial charge in [-0.15, -0.1) is 0 Å². The van der Waals surface area contributed by atoms with Crippen LogP contribution in [0.1, 0.15) is 15.9 Å². The van der Waals surface area contributed by atoms with E-state index in [1.807, 2.05) is 59.2 Å². The molecule has 1 aromatic heterocycles. The van der Waals surface area contributed by atoms with Gasteiger partial charge in [0.15, 0.2) is 11.6 Å². The summed E-state index contributed by atoms with van der Waals surface area (Å²) < 4.78 is 35.0. The number of ether oxygens (including phenoxy) is 1. The Balaban J connectivity index is 1.53. The molecule has 0 N–H and O–H groups in total. The molecular weight excluding hydrogens is 460 g/mol. The number of hydrogen-bond acceptors (Lipinski definition) is 3. The van der Waals surface area contributed by atoms with E-state index >= 15 is 0 Å². The molecule has 4 aromatic carbocycles. The van der Waals surface area contributed by atoms with Crippen LogP contribution in [-0.2, 0) is 11.3 Å². The van der Waals surface area contributed by atoms with E-state index in [-0.39, 0.29) is 12.5 Å². The van der Waals surface area contributed by atoms with Crippen molar-refractivity contribution in [3.8, 4) is 11.4 Å². The first-order valence-corrected chi connectivity index (χ1v) is 11.9. The molecule has 1 fully saturated rings. The summed E-state index contributed by atoms with van der Waals surface area (Å²) in [6, 6.07) is 23.5. The number of nitrogens with zero attached hydrogens (tertiary/aromatic N) is 3. The number of morpholine rings is 1. The predicted molar refractivity (Wildman–Crippen MR) is 135 cm³/mol. The number of carbonyl (C=O) groups excluding carboxylic acids is 1. The summed E-state index contributed by atoms with van der Waals surface area (Å²) in [5.74, 6) is -1.15. The molecule has 5 aromatic rings. The van der Waals surface area contributed by atoms with Crippen LogP contribution in [-0.4, -0.2) is 46.7 Å². The van der Waals surface area contributed by atoms with E-state index in [1.165, 1.54) is 6.07 Å². The predicted octanol–water partition coefficient (Wildman–Crippen LogP) is 5.66. The van der Waals surface area contributed by atoms with Crippen LogP contribution < -0.4 is 0 Å². The maximum atomic E-state index is 14.1. The number of hydrogen-bond donors (Lipinski definition) is 0. The highest BCUT2D eigenvalue weighted by atomic mass is 19.2. The van der Waals surface area contributed by atoms with Crippen LogP contribution in [0.15, 0.2) is 78.9 Å². The van der Waals surface area contributed by atoms with Gasteiger partial charge in [-0.25, -0.2) is 13.8 Å². The maximum Gasteiger partial charge on any atom is 0.254 e. The van der Waals surface area contributed by atoms with Crippen molar-refractivity contribution in [3.05, 3.63) is 102 Å². The Hall–Kier alpha value is -4.10. The first kappa shape index (κ1) is 22.4. The van der Waals surface area contributed by atoms with Crippen molar-refractivity contribution in [1.29, 1.82) is 0 Å². The van der Waals surface area contributed by atoms with Crippen molar-refractivity contribution in [2.24, 2.45) is 0 Å². The lowest BCUT2D eigenvalue weighted by atomic mass is 10.0. The summed E-state index contributed by atoms with van der Waals surface area (Å²) in [5, 5.41) is 2.11. The third-order valence-electron chi connectivity index (χ3n) is 6.65. The lowest BCUT2D eigenvalue weighted by Gasteiger charge is -2.26. The van der Waals surface area contributed by atoms with Crippen LogP contribution in [0.25, 0.3) is 33.2 Å². The second kappa shape index (κ2) is 9.17. The van der Waals surface area contributed by atoms with E-state index in [4.69, 9.17) is 9.72 Å². The fraction of sp³-hybridized carbons (Fsp3) is 0.172. The molecule has 0 atom stereocenters. The molecule has 0 unspecified atom stereocenters. The topological polar surface area (TPSA) is 47.4 Å². The summed E-state index contributed by atoms with van der Waals surface area (Å²) >= 11 is 0. The Labute approximate surface area is 206 Å². The van der Waals surface area contributed by atoms with E-state index in [1.54, 1.807) is 17.0 Å². The van der Waals surface area contributed by atoms with Crippen molar-refractivity contribution < 1.29 is 18.3 Å². The van der Waals surface area contributed by atoms with E-state index in [0.717, 1.165) is 33.4 Å². The van der Waals surface area contributed by atoms with Crippen LogP contribution in [0, 0.1) is 11.6 Å². The van der Waals surface area contributed by atoms with Gasteiger partial charge in [0.2, 0.25) is 0 Å². The van der Waals surface area contributed by atoms with Crippen molar-refractivity contribution in [1.82, 2.24) is 14.5 Å². The second-order valence-electron chi connectivity index (χ2n) is 8.90. The smallest absolute Gasteiger partial charge is 0.254 e. The molecule has 1 aliphatic rings. The summed E-state index contributed by atoms with van der Waals surface area (Å²) in [6.07, 6.45) is 0. The van der Waals surface area contributed by atoms with Crippen LogP contribution in [0.5, 0.6) is 0 Å². The zero-order chi connectivity index (χ0) is 24.6. The number of carbonyl (C=O) groups is 1. The monoisotopic (exact) mass is 483 g/mol. The average Bonchev–Trinajstić information content (AvgIpc) is 3.27. The molecule has 7 heteroatoms. The van der Waals surface area contributed by atoms with E-state index in [0.29, 0.717) is 43.3 Å². The molecule has 0 bridgehead atoms. The van der Waals surface area contributed by atoms with Crippen LogP contribution in [0.4, 0.5) is 8.78 Å². The number of halogens is 2. The van der Waals surface area contributed by atoms with Gasteiger partial charge < -0.3 is 14.2 Å². The highest BCUT2D eigenvalue weighted by molar-refractivity contribution is 6.00. The van der Waals surface area contributed by atoms with Crippen LogP contribution in [0.3, 0.4) is 0 Å². The fourth-order valence-electron chi connectivity index (χ4n) is 4.81. The molecule has 1 amide bonds. The third-order valence-corrected chi connectivity index (χ3v) is 6.65. The number of fused-ring (bicyclic) bond motifs is 2. The number of imidazole rings is 1. The molecule has 180 valence electrons. The van der Waals surface area contributed by atoms with Gasteiger partial charge in [-0.3, -0.25) is 4.79 Å². The summed E-state index contributed by atoms with van der Waals surface area (Å²) in [6.45, 7) is 2.40. The third kappa shape index (κ3) is 4.01. The molecule has 0 spiro atoms. The van der Waals surface area contributed by atoms with Gasteiger partial charge in [0.25, 0.3) is 5.91 Å². The first-order chi connectivity index (χ1) is 17.6. The molecule has 2 heterocycles. The van der Waals surface area contributed by atoms with Gasteiger partial charge in [0.1, 0.15) is 5.82 Å². The average molecular weight is 484 g/mol. The Morgan fingerprint density at radius 3 is 2.53 bits per heavy atom. The highest BCUT2D eigenvalue weighted by Gasteiger charge is 2.21. The minimum atomic E-state index is -0.896. The van der Waals surface area contributed by atoms with Gasteiger partial charge in [-0.2, -0.15) is 0 Å². The molecule has 6 rings (SSSR count). The Morgan fingerprint density at radius 1 is 0.889 bits per heavy atom. The largest absolute Gasteiger partial charge is 0.378 e. The normalized spacial score (nSPS) is 14.0. The van der Waals surface area contributed by atoms with E-state index in [2.05, 4.69) is 0 Å². The van der Waals surface area contributed by atoms with Crippen molar-refractivity contribution >= 4 is 27.7 Å². The Bertz CT molecular complexity index is 1600. The lowest BCUT2D eigenvalue weighted by molar-refractivity contribution is 0.0303. The highest BCUT2D eigenvalue weighted by Crippen LogP contribution is 2.32. The lowest BCUT2D eigenvalue weighted by Crippen LogP contribution is -2.40. The summed E-state index contributed by atoms with van der Waals surface area (Å²) in [7, 11) is 0. The molecular formula is C29H23F2N3O2. The van der Waals surface area contributed by atoms with E-state index < -0.39 is 11.6 Å². The van der Waals surface area contributed by atoms with Gasteiger partial charge >= 0.3 is 0 Å². The SMILES string of the molecule is O=C(c1ccc2nc(-c3cccc4ccccc34)n(Cc3ccc(F)c(F)c3)c2c1)N1CCOCC1. The molecule has 36 heavy (non-hydrogen) atoms. The van der Waals surface area contributed by atoms with Gasteiger partial charge in [-0.05, 0) is 46.7 Å². The Kier molecular flexibility index (Phi) is 5.70. The van der Waals surface area contributed by atoms with Crippen molar-refractivity contribution in [2.75, 3.05) is 26.3 Å². The van der Waals surface area contributed by atoms with Gasteiger partial charge in [0.05, 0.1) is 24.2 Å². The van der Waals surface area contributed by atoms with Gasteiger partial charge in [-0.1, -0.05) is 48.5 Å². The Morgan fingerprint density at radius 2 is 1.69 bits per heavy atom. The molecule has 5 nitrogen and oxygen atoms in total. The second-order valence-corrected chi connectivity index (χ2v) is 8.90. The zero-order valence-corrected chi connectivity index (χ0v) is 19.5. The molecule has 0 radical (unpaired) electrons. The number of aromatic nitrogens is 2. The quantitative estimate of drug-likeness (QED) is 0.332. The number of amides is 1. The maximum absolute atomic E-state index is 14.1.